The van der Waals surface area contributed by atoms with E-state index in [0.29, 0.717) is 26.3 Å². The summed E-state index contributed by atoms with van der Waals surface area (Å²) in [5, 5.41) is 12.8. The van der Waals surface area contributed by atoms with Crippen molar-refractivity contribution in [1.82, 2.24) is 10.1 Å². The van der Waals surface area contributed by atoms with E-state index in [0.717, 1.165) is 0 Å². The molecule has 2 rings (SSSR count). The Morgan fingerprint density at radius 1 is 1.32 bits per heavy atom. The lowest BCUT2D eigenvalue weighted by Crippen LogP contribution is -2.37. The molecular formula is C10H14F3N3O3. The van der Waals surface area contributed by atoms with Crippen LogP contribution in [-0.4, -0.2) is 53.8 Å². The van der Waals surface area contributed by atoms with Crippen LogP contribution in [0, 0.1) is 0 Å². The van der Waals surface area contributed by atoms with Gasteiger partial charge in [0, 0.05) is 13.1 Å². The molecular weight excluding hydrogens is 267 g/mol. The van der Waals surface area contributed by atoms with Gasteiger partial charge >= 0.3 is 6.18 Å². The highest BCUT2D eigenvalue weighted by Gasteiger charge is 2.44. The first-order chi connectivity index (χ1) is 8.89. The fraction of sp³-hybridized carbons (Fsp3) is 0.800. The molecule has 2 heterocycles. The average Bonchev–Trinajstić information content (AvgIpc) is 2.86. The van der Waals surface area contributed by atoms with Crippen LogP contribution < -0.4 is 4.90 Å². The summed E-state index contributed by atoms with van der Waals surface area (Å²) in [4.78, 5) is 5.65. The van der Waals surface area contributed by atoms with Gasteiger partial charge in [0.05, 0.1) is 19.1 Å². The normalized spacial score (nSPS) is 20.4. The number of rotatable bonds is 3. The van der Waals surface area contributed by atoms with E-state index in [1.54, 1.807) is 4.90 Å². The standard InChI is InChI=1S/C10H14F3N3O3/c1-6(7(17)10(11,12)13)8-14-9(15-19-8)16-2-4-18-5-3-16/h6-7,17H,2-5H2,1H3. The van der Waals surface area contributed by atoms with Gasteiger partial charge in [-0.05, 0) is 5.16 Å². The molecule has 0 spiro atoms. The topological polar surface area (TPSA) is 71.6 Å². The number of aliphatic hydroxyl groups excluding tert-OH is 1. The molecule has 0 aliphatic carbocycles. The smallest absolute Gasteiger partial charge is 0.383 e. The molecule has 19 heavy (non-hydrogen) atoms. The monoisotopic (exact) mass is 281 g/mol. The minimum absolute atomic E-state index is 0.222. The van der Waals surface area contributed by atoms with E-state index in [-0.39, 0.29) is 11.8 Å². The maximum Gasteiger partial charge on any atom is 0.415 e. The van der Waals surface area contributed by atoms with Crippen LogP contribution in [0.5, 0.6) is 0 Å². The molecule has 6 nitrogen and oxygen atoms in total. The van der Waals surface area contributed by atoms with Gasteiger partial charge in [-0.2, -0.15) is 18.2 Å². The van der Waals surface area contributed by atoms with Crippen molar-refractivity contribution in [1.29, 1.82) is 0 Å². The molecule has 0 radical (unpaired) electrons. The van der Waals surface area contributed by atoms with Crippen molar-refractivity contribution in [3.8, 4) is 0 Å². The van der Waals surface area contributed by atoms with Crippen LogP contribution in [0.1, 0.15) is 18.7 Å². The van der Waals surface area contributed by atoms with E-state index >= 15 is 0 Å². The van der Waals surface area contributed by atoms with Crippen molar-refractivity contribution in [2.24, 2.45) is 0 Å². The molecule has 9 heteroatoms. The molecule has 1 aromatic rings. The number of nitrogens with zero attached hydrogens (tertiary/aromatic N) is 3. The zero-order chi connectivity index (χ0) is 14.0. The lowest BCUT2D eigenvalue weighted by molar-refractivity contribution is -0.210. The third kappa shape index (κ3) is 3.16. The zero-order valence-electron chi connectivity index (χ0n) is 10.2. The predicted octanol–water partition coefficient (Wildman–Crippen LogP) is 0.933. The highest BCUT2D eigenvalue weighted by molar-refractivity contribution is 5.28. The van der Waals surface area contributed by atoms with E-state index in [9.17, 15) is 13.2 Å². The number of anilines is 1. The molecule has 1 saturated heterocycles. The molecule has 1 aliphatic heterocycles. The van der Waals surface area contributed by atoms with Crippen LogP contribution in [0.2, 0.25) is 0 Å². The fourth-order valence-corrected chi connectivity index (χ4v) is 1.72. The van der Waals surface area contributed by atoms with Crippen molar-refractivity contribution in [2.75, 3.05) is 31.2 Å². The van der Waals surface area contributed by atoms with Crippen LogP contribution in [0.4, 0.5) is 19.1 Å². The number of aromatic nitrogens is 2. The van der Waals surface area contributed by atoms with Crippen LogP contribution >= 0.6 is 0 Å². The Balaban J connectivity index is 2.07. The highest BCUT2D eigenvalue weighted by Crippen LogP contribution is 2.31. The van der Waals surface area contributed by atoms with Crippen molar-refractivity contribution < 1.29 is 27.5 Å². The maximum absolute atomic E-state index is 12.4. The van der Waals surface area contributed by atoms with Crippen molar-refractivity contribution >= 4 is 5.95 Å². The van der Waals surface area contributed by atoms with Crippen molar-refractivity contribution in [2.45, 2.75) is 25.1 Å². The van der Waals surface area contributed by atoms with E-state index in [4.69, 9.17) is 14.4 Å². The van der Waals surface area contributed by atoms with Gasteiger partial charge in [-0.25, -0.2) is 0 Å². The predicted molar refractivity (Wildman–Crippen MR) is 57.8 cm³/mol. The summed E-state index contributed by atoms with van der Waals surface area (Å²) in [6.45, 7) is 3.30. The van der Waals surface area contributed by atoms with Gasteiger partial charge in [0.2, 0.25) is 5.89 Å². The number of aliphatic hydroxyl groups is 1. The summed E-state index contributed by atoms with van der Waals surface area (Å²) in [7, 11) is 0. The first-order valence-corrected chi connectivity index (χ1v) is 5.80. The van der Waals surface area contributed by atoms with Gasteiger partial charge < -0.3 is 19.3 Å². The molecule has 0 aromatic carbocycles. The molecule has 1 N–H and O–H groups in total. The zero-order valence-corrected chi connectivity index (χ0v) is 10.2. The summed E-state index contributed by atoms with van der Waals surface area (Å²) in [5.41, 5.74) is 0. The number of ether oxygens (including phenoxy) is 1. The summed E-state index contributed by atoms with van der Waals surface area (Å²) in [6, 6.07) is 0. The largest absolute Gasteiger partial charge is 0.415 e. The third-order valence-corrected chi connectivity index (χ3v) is 2.92. The number of alkyl halides is 3. The molecule has 1 aliphatic rings. The quantitative estimate of drug-likeness (QED) is 0.888. The SMILES string of the molecule is CC(c1nc(N2CCOCC2)no1)C(O)C(F)(F)F. The van der Waals surface area contributed by atoms with Gasteiger partial charge in [0.1, 0.15) is 0 Å². The van der Waals surface area contributed by atoms with E-state index in [1.807, 2.05) is 0 Å². The Morgan fingerprint density at radius 2 is 1.95 bits per heavy atom. The van der Waals surface area contributed by atoms with Crippen molar-refractivity contribution in [3.63, 3.8) is 0 Å². The molecule has 2 unspecified atom stereocenters. The second kappa shape index (κ2) is 5.33. The molecule has 0 amide bonds. The average molecular weight is 281 g/mol. The van der Waals surface area contributed by atoms with Gasteiger partial charge in [-0.15, -0.1) is 0 Å². The Morgan fingerprint density at radius 3 is 2.53 bits per heavy atom. The molecule has 1 fully saturated rings. The van der Waals surface area contributed by atoms with E-state index in [2.05, 4.69) is 10.1 Å². The van der Waals surface area contributed by atoms with Gasteiger partial charge in [-0.1, -0.05) is 6.92 Å². The first kappa shape index (κ1) is 14.1. The Bertz CT molecular complexity index is 418. The number of hydrogen-bond donors (Lipinski definition) is 1. The third-order valence-electron chi connectivity index (χ3n) is 2.92. The summed E-state index contributed by atoms with van der Waals surface area (Å²) in [5.74, 6) is -1.31. The number of hydrogen-bond acceptors (Lipinski definition) is 6. The Hall–Kier alpha value is -1.35. The number of morpholine rings is 1. The fourth-order valence-electron chi connectivity index (χ4n) is 1.72. The second-order valence-corrected chi connectivity index (χ2v) is 4.31. The molecule has 1 aromatic heterocycles. The van der Waals surface area contributed by atoms with Gasteiger partial charge in [-0.3, -0.25) is 0 Å². The van der Waals surface area contributed by atoms with Crippen LogP contribution in [-0.2, 0) is 4.74 Å². The Kier molecular flexibility index (Phi) is 3.95. The van der Waals surface area contributed by atoms with E-state index in [1.165, 1.54) is 6.92 Å². The summed E-state index contributed by atoms with van der Waals surface area (Å²) in [6.07, 6.45) is -7.24. The lowest BCUT2D eigenvalue weighted by atomic mass is 10.1. The summed E-state index contributed by atoms with van der Waals surface area (Å²) >= 11 is 0. The van der Waals surface area contributed by atoms with Crippen LogP contribution in [0.15, 0.2) is 4.52 Å². The number of halogens is 3. The van der Waals surface area contributed by atoms with E-state index < -0.39 is 18.2 Å². The van der Waals surface area contributed by atoms with Gasteiger partial charge in [0.25, 0.3) is 5.95 Å². The first-order valence-electron chi connectivity index (χ1n) is 5.80. The van der Waals surface area contributed by atoms with Crippen LogP contribution in [0.3, 0.4) is 0 Å². The van der Waals surface area contributed by atoms with Crippen molar-refractivity contribution in [3.05, 3.63) is 5.89 Å². The lowest BCUT2D eigenvalue weighted by Gasteiger charge is -2.24. The summed E-state index contributed by atoms with van der Waals surface area (Å²) < 4.78 is 47.1. The molecule has 0 bridgehead atoms. The minimum Gasteiger partial charge on any atom is -0.383 e. The molecule has 2 atom stereocenters. The Labute approximate surface area is 107 Å². The van der Waals surface area contributed by atoms with Crippen LogP contribution in [0.25, 0.3) is 0 Å². The highest BCUT2D eigenvalue weighted by atomic mass is 19.4. The van der Waals surface area contributed by atoms with Gasteiger partial charge in [0.15, 0.2) is 6.10 Å². The molecule has 0 saturated carbocycles. The maximum atomic E-state index is 12.4. The minimum atomic E-state index is -4.72. The second-order valence-electron chi connectivity index (χ2n) is 4.31. The molecule has 108 valence electrons.